The number of β-amino-alcohol motifs (C(OH)–C–C–N with tert-alkyl or cyclic N) is 1. The van der Waals surface area contributed by atoms with Crippen molar-refractivity contribution in [1.82, 2.24) is 25.4 Å². The van der Waals surface area contributed by atoms with E-state index in [4.69, 9.17) is 9.47 Å². The number of aliphatic hydroxyl groups excluding tert-OH is 1. The van der Waals surface area contributed by atoms with Gasteiger partial charge in [0, 0.05) is 50.5 Å². The number of benzene rings is 1. The van der Waals surface area contributed by atoms with Crippen molar-refractivity contribution in [3.63, 3.8) is 0 Å². The molecule has 222 valence electrons. The van der Waals surface area contributed by atoms with Crippen LogP contribution in [0.4, 0.5) is 4.79 Å². The van der Waals surface area contributed by atoms with Gasteiger partial charge in [0.05, 0.1) is 30.9 Å². The van der Waals surface area contributed by atoms with Crippen molar-refractivity contribution in [1.29, 1.82) is 0 Å². The number of piperazine rings is 1. The van der Waals surface area contributed by atoms with Crippen LogP contribution >= 0.6 is 0 Å². The molecule has 0 aliphatic carbocycles. The fourth-order valence-electron chi connectivity index (χ4n) is 5.06. The number of hydrogen-bond donors (Lipinski definition) is 3. The Bertz CT molecular complexity index is 1150. The average Bonchev–Trinajstić information content (AvgIpc) is 3.45. The predicted octanol–water partition coefficient (Wildman–Crippen LogP) is 1.61. The molecule has 3 N–H and O–H groups in total. The van der Waals surface area contributed by atoms with Crippen molar-refractivity contribution in [2.75, 3.05) is 39.4 Å². The van der Waals surface area contributed by atoms with Crippen LogP contribution in [0, 0.1) is 0 Å². The smallest absolute Gasteiger partial charge is 0.407 e. The predicted molar refractivity (Wildman–Crippen MR) is 152 cm³/mol. The summed E-state index contributed by atoms with van der Waals surface area (Å²) < 4.78 is 10.8. The molecule has 2 saturated heterocycles. The Labute approximate surface area is 241 Å². The normalized spacial score (nSPS) is 21.1. The van der Waals surface area contributed by atoms with E-state index in [9.17, 15) is 19.5 Å². The maximum absolute atomic E-state index is 13.5. The summed E-state index contributed by atoms with van der Waals surface area (Å²) >= 11 is 0. The number of ether oxygens (including phenoxy) is 2. The molecule has 0 bridgehead atoms. The van der Waals surface area contributed by atoms with E-state index >= 15 is 0 Å². The van der Waals surface area contributed by atoms with Gasteiger partial charge in [0.25, 0.3) is 5.91 Å². The third-order valence-corrected chi connectivity index (χ3v) is 7.14. The number of nitrogens with one attached hydrogen (secondary N) is 2. The largest absolute Gasteiger partial charge is 0.444 e. The Morgan fingerprint density at radius 3 is 2.59 bits per heavy atom. The Hall–Kier alpha value is -3.54. The molecule has 3 amide bonds. The van der Waals surface area contributed by atoms with E-state index in [-0.39, 0.29) is 31.0 Å². The molecule has 0 spiro atoms. The first-order valence-corrected chi connectivity index (χ1v) is 14.1. The van der Waals surface area contributed by atoms with Gasteiger partial charge >= 0.3 is 6.09 Å². The third kappa shape index (κ3) is 8.97. The summed E-state index contributed by atoms with van der Waals surface area (Å²) in [6.07, 6.45) is 2.16. The minimum absolute atomic E-state index is 0.113. The molecule has 1 aromatic heterocycles. The molecular weight excluding hydrogens is 526 g/mol. The number of alkyl carbamates (subject to hydrolysis) is 1. The second-order valence-corrected chi connectivity index (χ2v) is 11.6. The van der Waals surface area contributed by atoms with Crippen LogP contribution in [0.15, 0.2) is 54.9 Å². The Morgan fingerprint density at radius 1 is 1.15 bits per heavy atom. The molecule has 0 unspecified atom stereocenters. The van der Waals surface area contributed by atoms with E-state index in [1.54, 1.807) is 23.2 Å². The number of hydrogen-bond acceptors (Lipinski definition) is 8. The molecule has 41 heavy (non-hydrogen) atoms. The second-order valence-electron chi connectivity index (χ2n) is 11.6. The van der Waals surface area contributed by atoms with Gasteiger partial charge in [0.1, 0.15) is 12.1 Å². The van der Waals surface area contributed by atoms with Crippen molar-refractivity contribution >= 4 is 17.9 Å². The van der Waals surface area contributed by atoms with Crippen LogP contribution in [0.1, 0.15) is 43.1 Å². The molecule has 0 radical (unpaired) electrons. The van der Waals surface area contributed by atoms with Crippen LogP contribution in [-0.2, 0) is 20.7 Å². The van der Waals surface area contributed by atoms with Gasteiger partial charge in [-0.2, -0.15) is 0 Å². The van der Waals surface area contributed by atoms with E-state index in [2.05, 4.69) is 15.6 Å². The molecular formula is C30H41N5O6. The van der Waals surface area contributed by atoms with Gasteiger partial charge in [-0.05, 0) is 44.9 Å². The molecule has 11 heteroatoms. The zero-order valence-corrected chi connectivity index (χ0v) is 24.0. The molecule has 1 aromatic carbocycles. The van der Waals surface area contributed by atoms with Gasteiger partial charge < -0.3 is 30.1 Å². The molecule has 11 nitrogen and oxygen atoms in total. The monoisotopic (exact) mass is 567 g/mol. The summed E-state index contributed by atoms with van der Waals surface area (Å²) in [5.74, 6) is -0.435. The highest BCUT2D eigenvalue weighted by molar-refractivity contribution is 5.94. The molecule has 2 aliphatic rings. The van der Waals surface area contributed by atoms with E-state index in [0.717, 1.165) is 5.56 Å². The first-order chi connectivity index (χ1) is 19.6. The second kappa shape index (κ2) is 13.9. The van der Waals surface area contributed by atoms with Crippen LogP contribution in [0.25, 0.3) is 0 Å². The van der Waals surface area contributed by atoms with E-state index in [1.165, 1.54) is 6.20 Å². The SMILES string of the molecule is CC(C)(C)NC(=O)[C@@H]1CN(C(=O)c2cccnc2)CCN1C[C@@H](O)[C@H](Cc1ccccc1)NC(=O)O[C@H]1CCOC1. The maximum atomic E-state index is 13.5. The number of pyridine rings is 1. The lowest BCUT2D eigenvalue weighted by Gasteiger charge is -2.42. The molecule has 3 heterocycles. The number of rotatable bonds is 9. The van der Waals surface area contributed by atoms with Gasteiger partial charge in [-0.25, -0.2) is 4.79 Å². The fourth-order valence-corrected chi connectivity index (χ4v) is 5.06. The number of aromatic nitrogens is 1. The molecule has 2 aromatic rings. The first kappa shape index (κ1) is 30.4. The highest BCUT2D eigenvalue weighted by Gasteiger charge is 2.38. The molecule has 2 aliphatic heterocycles. The zero-order chi connectivity index (χ0) is 29.4. The number of amides is 3. The minimum Gasteiger partial charge on any atom is -0.444 e. The number of aliphatic hydroxyl groups is 1. The number of nitrogens with zero attached hydrogens (tertiary/aromatic N) is 3. The van der Waals surface area contributed by atoms with Crippen molar-refractivity contribution in [3.05, 3.63) is 66.0 Å². The quantitative estimate of drug-likeness (QED) is 0.416. The van der Waals surface area contributed by atoms with Gasteiger partial charge in [-0.3, -0.25) is 19.5 Å². The Kier molecular flexibility index (Phi) is 10.3. The summed E-state index contributed by atoms with van der Waals surface area (Å²) in [5.41, 5.74) is 0.909. The van der Waals surface area contributed by atoms with Crippen LogP contribution in [0.3, 0.4) is 0 Å². The lowest BCUT2D eigenvalue weighted by molar-refractivity contribution is -0.130. The van der Waals surface area contributed by atoms with Gasteiger partial charge in [0.15, 0.2) is 0 Å². The lowest BCUT2D eigenvalue weighted by atomic mass is 9.99. The lowest BCUT2D eigenvalue weighted by Crippen LogP contribution is -2.64. The van der Waals surface area contributed by atoms with Gasteiger partial charge in [0.2, 0.25) is 5.91 Å². The van der Waals surface area contributed by atoms with E-state index in [1.807, 2.05) is 56.0 Å². The van der Waals surface area contributed by atoms with Gasteiger partial charge in [-0.15, -0.1) is 0 Å². The average molecular weight is 568 g/mol. The molecule has 4 atom stereocenters. The minimum atomic E-state index is -1.02. The first-order valence-electron chi connectivity index (χ1n) is 14.1. The summed E-state index contributed by atoms with van der Waals surface area (Å²) in [7, 11) is 0. The van der Waals surface area contributed by atoms with Crippen LogP contribution in [0.2, 0.25) is 0 Å². The van der Waals surface area contributed by atoms with Crippen LogP contribution in [-0.4, -0.2) is 107 Å². The number of carbonyl (C=O) groups is 3. The van der Waals surface area contributed by atoms with Gasteiger partial charge in [-0.1, -0.05) is 30.3 Å². The van der Waals surface area contributed by atoms with Crippen molar-refractivity contribution in [2.45, 2.75) is 63.4 Å². The fraction of sp³-hybridized carbons (Fsp3) is 0.533. The summed E-state index contributed by atoms with van der Waals surface area (Å²) in [6, 6.07) is 11.6. The van der Waals surface area contributed by atoms with E-state index in [0.29, 0.717) is 44.7 Å². The molecule has 4 rings (SSSR count). The van der Waals surface area contributed by atoms with E-state index < -0.39 is 29.8 Å². The Morgan fingerprint density at radius 2 is 1.93 bits per heavy atom. The van der Waals surface area contributed by atoms with Crippen molar-refractivity contribution in [2.24, 2.45) is 0 Å². The van der Waals surface area contributed by atoms with Crippen LogP contribution < -0.4 is 10.6 Å². The summed E-state index contributed by atoms with van der Waals surface area (Å²) in [6.45, 7) is 7.59. The third-order valence-electron chi connectivity index (χ3n) is 7.14. The Balaban J connectivity index is 1.49. The highest BCUT2D eigenvalue weighted by atomic mass is 16.6. The standard InChI is InChI=1S/C30H41N5O6/c1-30(2,3)33-27(37)25-18-35(28(38)22-10-7-12-31-17-22)14-13-34(25)19-26(36)24(16-21-8-5-4-6-9-21)32-29(39)41-23-11-15-40-20-23/h4-10,12,17,23-26,36H,11,13-16,18-20H2,1-3H3,(H,32,39)(H,33,37)/t23-,24-,25-,26+/m0/s1. The molecule has 2 fully saturated rings. The van der Waals surface area contributed by atoms with Crippen molar-refractivity contribution in [3.8, 4) is 0 Å². The molecule has 0 saturated carbocycles. The highest BCUT2D eigenvalue weighted by Crippen LogP contribution is 2.18. The number of carbonyl (C=O) groups excluding carboxylic acids is 3. The van der Waals surface area contributed by atoms with Crippen LogP contribution in [0.5, 0.6) is 0 Å². The summed E-state index contributed by atoms with van der Waals surface area (Å²) in [5, 5.41) is 17.3. The topological polar surface area (TPSA) is 133 Å². The van der Waals surface area contributed by atoms with Crippen molar-refractivity contribution < 1.29 is 29.0 Å². The summed E-state index contributed by atoms with van der Waals surface area (Å²) in [4.78, 5) is 47.0. The maximum Gasteiger partial charge on any atom is 0.407 e. The zero-order valence-electron chi connectivity index (χ0n) is 24.0.